The lowest BCUT2D eigenvalue weighted by Crippen LogP contribution is -2.05. The molecular weight excluding hydrogens is 243 g/mol. The van der Waals surface area contributed by atoms with Crippen molar-refractivity contribution in [1.29, 1.82) is 0 Å². The Bertz CT molecular complexity index is 499. The molecule has 0 amide bonds. The van der Waals surface area contributed by atoms with Crippen molar-refractivity contribution in [3.05, 3.63) is 41.6 Å². The SMILES string of the molecule is CCOCn1c(Cl)nc(-c2ccccc2)c1F. The standard InChI is InChI=1S/C12H12ClFN2O/c1-2-17-8-16-11(14)10(15-12(16)13)9-6-4-3-5-7-9/h3-7H,2,8H2,1H3. The van der Waals surface area contributed by atoms with Crippen LogP contribution in [0, 0.1) is 5.95 Å². The van der Waals surface area contributed by atoms with E-state index in [9.17, 15) is 4.39 Å². The maximum Gasteiger partial charge on any atom is 0.224 e. The van der Waals surface area contributed by atoms with Crippen molar-refractivity contribution >= 4 is 11.6 Å². The molecule has 1 heterocycles. The fourth-order valence-corrected chi connectivity index (χ4v) is 1.69. The molecule has 0 N–H and O–H groups in total. The van der Waals surface area contributed by atoms with E-state index in [0.29, 0.717) is 12.2 Å². The minimum absolute atomic E-state index is 0.0704. The van der Waals surface area contributed by atoms with Gasteiger partial charge in [-0.25, -0.2) is 4.98 Å². The molecule has 2 aromatic rings. The van der Waals surface area contributed by atoms with Crippen LogP contribution in [-0.4, -0.2) is 16.2 Å². The monoisotopic (exact) mass is 254 g/mol. The first-order chi connectivity index (χ1) is 8.24. The number of halogens is 2. The average molecular weight is 255 g/mol. The Kier molecular flexibility index (Phi) is 3.76. The Balaban J connectivity index is 2.37. The Morgan fingerprint density at radius 2 is 2.06 bits per heavy atom. The van der Waals surface area contributed by atoms with Gasteiger partial charge in [0.2, 0.25) is 11.2 Å². The van der Waals surface area contributed by atoms with E-state index in [1.165, 1.54) is 4.57 Å². The van der Waals surface area contributed by atoms with Crippen molar-refractivity contribution in [1.82, 2.24) is 9.55 Å². The number of hydrogen-bond acceptors (Lipinski definition) is 2. The summed E-state index contributed by atoms with van der Waals surface area (Å²) in [4.78, 5) is 4.01. The van der Waals surface area contributed by atoms with Gasteiger partial charge in [0.05, 0.1) is 0 Å². The van der Waals surface area contributed by atoms with E-state index in [-0.39, 0.29) is 17.7 Å². The van der Waals surface area contributed by atoms with Crippen LogP contribution in [0.4, 0.5) is 4.39 Å². The van der Waals surface area contributed by atoms with Crippen molar-refractivity contribution in [2.45, 2.75) is 13.7 Å². The van der Waals surface area contributed by atoms with Crippen LogP contribution in [-0.2, 0) is 11.5 Å². The smallest absolute Gasteiger partial charge is 0.224 e. The quantitative estimate of drug-likeness (QED) is 0.837. The van der Waals surface area contributed by atoms with Crippen LogP contribution in [0.3, 0.4) is 0 Å². The Morgan fingerprint density at radius 3 is 2.71 bits per heavy atom. The van der Waals surface area contributed by atoms with Crippen molar-refractivity contribution < 1.29 is 9.13 Å². The molecule has 3 nitrogen and oxygen atoms in total. The molecule has 0 fully saturated rings. The fraction of sp³-hybridized carbons (Fsp3) is 0.250. The number of rotatable bonds is 4. The number of ether oxygens (including phenoxy) is 1. The summed E-state index contributed by atoms with van der Waals surface area (Å²) in [7, 11) is 0. The maximum atomic E-state index is 14.0. The van der Waals surface area contributed by atoms with Crippen LogP contribution in [0.5, 0.6) is 0 Å². The number of hydrogen-bond donors (Lipinski definition) is 0. The summed E-state index contributed by atoms with van der Waals surface area (Å²) in [5.41, 5.74) is 0.942. The second-order valence-electron chi connectivity index (χ2n) is 3.44. The fourth-order valence-electron chi connectivity index (χ4n) is 1.48. The van der Waals surface area contributed by atoms with Gasteiger partial charge >= 0.3 is 0 Å². The zero-order valence-electron chi connectivity index (χ0n) is 9.36. The van der Waals surface area contributed by atoms with E-state index >= 15 is 0 Å². The van der Waals surface area contributed by atoms with E-state index in [2.05, 4.69) is 4.98 Å². The molecule has 0 radical (unpaired) electrons. The van der Waals surface area contributed by atoms with Crippen molar-refractivity contribution in [2.75, 3.05) is 6.61 Å². The van der Waals surface area contributed by atoms with Crippen molar-refractivity contribution in [2.24, 2.45) is 0 Å². The van der Waals surface area contributed by atoms with Gasteiger partial charge in [-0.2, -0.15) is 4.39 Å². The van der Waals surface area contributed by atoms with E-state index in [4.69, 9.17) is 16.3 Å². The van der Waals surface area contributed by atoms with Crippen LogP contribution >= 0.6 is 11.6 Å². The molecule has 0 atom stereocenters. The molecule has 5 heteroatoms. The zero-order valence-corrected chi connectivity index (χ0v) is 10.1. The summed E-state index contributed by atoms with van der Waals surface area (Å²) in [5, 5.41) is 0.0924. The molecule has 90 valence electrons. The first-order valence-corrected chi connectivity index (χ1v) is 5.66. The highest BCUT2D eigenvalue weighted by molar-refractivity contribution is 6.28. The third kappa shape index (κ3) is 2.48. The van der Waals surface area contributed by atoms with Gasteiger partial charge in [-0.3, -0.25) is 4.57 Å². The molecule has 0 unspecified atom stereocenters. The van der Waals surface area contributed by atoms with Crippen LogP contribution in [0.15, 0.2) is 30.3 Å². The maximum absolute atomic E-state index is 14.0. The molecule has 0 aliphatic heterocycles. The van der Waals surface area contributed by atoms with Crippen molar-refractivity contribution in [3.63, 3.8) is 0 Å². The number of nitrogens with zero attached hydrogens (tertiary/aromatic N) is 2. The van der Waals surface area contributed by atoms with Crippen LogP contribution in [0.2, 0.25) is 5.28 Å². The Morgan fingerprint density at radius 1 is 1.35 bits per heavy atom. The van der Waals surface area contributed by atoms with Crippen molar-refractivity contribution in [3.8, 4) is 11.3 Å². The molecule has 0 bridgehead atoms. The minimum atomic E-state index is -0.477. The van der Waals surface area contributed by atoms with Gasteiger partial charge in [-0.05, 0) is 18.5 Å². The normalized spacial score (nSPS) is 10.8. The second kappa shape index (κ2) is 5.29. The molecule has 0 aliphatic rings. The summed E-state index contributed by atoms with van der Waals surface area (Å²) in [5.74, 6) is -0.477. The molecule has 1 aromatic carbocycles. The van der Waals surface area contributed by atoms with Gasteiger partial charge < -0.3 is 4.74 Å². The molecule has 0 spiro atoms. The first kappa shape index (κ1) is 12.1. The van der Waals surface area contributed by atoms with Crippen LogP contribution in [0.25, 0.3) is 11.3 Å². The molecule has 17 heavy (non-hydrogen) atoms. The van der Waals surface area contributed by atoms with E-state index in [1.807, 2.05) is 25.1 Å². The summed E-state index contributed by atoms with van der Waals surface area (Å²) >= 11 is 5.87. The van der Waals surface area contributed by atoms with E-state index in [1.54, 1.807) is 12.1 Å². The molecule has 0 saturated heterocycles. The minimum Gasteiger partial charge on any atom is -0.361 e. The second-order valence-corrected chi connectivity index (χ2v) is 3.77. The molecule has 2 rings (SSSR count). The highest BCUT2D eigenvalue weighted by Gasteiger charge is 2.16. The van der Waals surface area contributed by atoms with Gasteiger partial charge in [-0.15, -0.1) is 0 Å². The first-order valence-electron chi connectivity index (χ1n) is 5.28. The summed E-state index contributed by atoms with van der Waals surface area (Å²) in [6, 6.07) is 9.08. The Labute approximate surface area is 104 Å². The van der Waals surface area contributed by atoms with E-state index < -0.39 is 5.95 Å². The van der Waals surface area contributed by atoms with Crippen LogP contribution in [0.1, 0.15) is 6.92 Å². The Hall–Kier alpha value is -1.39. The lowest BCUT2D eigenvalue weighted by molar-refractivity contribution is 0.0804. The number of imidazole rings is 1. The molecule has 0 saturated carbocycles. The van der Waals surface area contributed by atoms with E-state index in [0.717, 1.165) is 0 Å². The highest BCUT2D eigenvalue weighted by Crippen LogP contribution is 2.24. The third-order valence-electron chi connectivity index (χ3n) is 2.33. The van der Waals surface area contributed by atoms with Gasteiger partial charge in [0.1, 0.15) is 12.4 Å². The summed E-state index contributed by atoms with van der Waals surface area (Å²) in [6.07, 6.45) is 0. The van der Waals surface area contributed by atoms with Gasteiger partial charge in [0.25, 0.3) is 0 Å². The van der Waals surface area contributed by atoms with Crippen LogP contribution < -0.4 is 0 Å². The zero-order chi connectivity index (χ0) is 12.3. The highest BCUT2D eigenvalue weighted by atomic mass is 35.5. The van der Waals surface area contributed by atoms with Gasteiger partial charge in [0, 0.05) is 12.2 Å². The molecule has 0 aliphatic carbocycles. The average Bonchev–Trinajstić information content (AvgIpc) is 2.64. The number of aromatic nitrogens is 2. The van der Waals surface area contributed by atoms with Gasteiger partial charge in [0.15, 0.2) is 0 Å². The lowest BCUT2D eigenvalue weighted by Gasteiger charge is -2.04. The summed E-state index contributed by atoms with van der Waals surface area (Å²) < 4.78 is 20.4. The largest absolute Gasteiger partial charge is 0.361 e. The lowest BCUT2D eigenvalue weighted by atomic mass is 10.2. The number of benzene rings is 1. The molecule has 1 aromatic heterocycles. The third-order valence-corrected chi connectivity index (χ3v) is 2.62. The molecular formula is C12H12ClFN2O. The predicted molar refractivity (Wildman–Crippen MR) is 64.3 cm³/mol. The summed E-state index contributed by atoms with van der Waals surface area (Å²) in [6.45, 7) is 2.40. The topological polar surface area (TPSA) is 27.1 Å². The predicted octanol–water partition coefficient (Wildman–Crippen LogP) is 3.34. The van der Waals surface area contributed by atoms with Gasteiger partial charge in [-0.1, -0.05) is 30.3 Å².